The second-order valence-corrected chi connectivity index (χ2v) is 9.03. The van der Waals surface area contributed by atoms with Crippen LogP contribution < -0.4 is 0 Å². The van der Waals surface area contributed by atoms with Crippen LogP contribution >= 0.6 is 0 Å². The van der Waals surface area contributed by atoms with Gasteiger partial charge in [0.1, 0.15) is 0 Å². The number of amides is 1. The van der Waals surface area contributed by atoms with Crippen LogP contribution in [0.25, 0.3) is 11.4 Å². The lowest BCUT2D eigenvalue weighted by Gasteiger charge is -2.39. The summed E-state index contributed by atoms with van der Waals surface area (Å²) in [5, 5.41) is 0. The first-order valence-corrected chi connectivity index (χ1v) is 11.4. The van der Waals surface area contributed by atoms with E-state index in [0.717, 1.165) is 55.7 Å². The molecule has 1 fully saturated rings. The third kappa shape index (κ3) is 4.02. The molecule has 0 saturated carbocycles. The van der Waals surface area contributed by atoms with E-state index in [9.17, 15) is 4.79 Å². The van der Waals surface area contributed by atoms with Gasteiger partial charge in [-0.15, -0.1) is 0 Å². The number of rotatable bonds is 3. The van der Waals surface area contributed by atoms with Gasteiger partial charge in [0.05, 0.1) is 11.7 Å². The van der Waals surface area contributed by atoms with E-state index in [1.807, 2.05) is 18.3 Å². The summed E-state index contributed by atoms with van der Waals surface area (Å²) in [5.74, 6) is 1.17. The SMILES string of the molecule is Cc1cnc(-c2cccnc2)nc1C1CCCN(C(=O)C2Cc3ccccc3CN2C)C1. The van der Waals surface area contributed by atoms with E-state index in [-0.39, 0.29) is 17.9 Å². The zero-order chi connectivity index (χ0) is 22.1. The van der Waals surface area contributed by atoms with Crippen LogP contribution in [0.15, 0.2) is 55.0 Å². The molecule has 2 unspecified atom stereocenters. The maximum atomic E-state index is 13.6. The van der Waals surface area contributed by atoms with Crippen LogP contribution in [0.5, 0.6) is 0 Å². The summed E-state index contributed by atoms with van der Waals surface area (Å²) in [6.07, 6.45) is 8.26. The number of likely N-dealkylation sites (N-methyl/N-ethyl adjacent to an activating group) is 1. The van der Waals surface area contributed by atoms with Crippen LogP contribution in [-0.4, -0.2) is 56.8 Å². The van der Waals surface area contributed by atoms with E-state index >= 15 is 0 Å². The maximum absolute atomic E-state index is 13.6. The predicted octanol–water partition coefficient (Wildman–Crippen LogP) is 3.61. The molecule has 2 atom stereocenters. The van der Waals surface area contributed by atoms with Crippen molar-refractivity contribution in [2.24, 2.45) is 0 Å². The van der Waals surface area contributed by atoms with Gasteiger partial charge in [-0.25, -0.2) is 9.97 Å². The molecule has 0 aliphatic carbocycles. The lowest BCUT2D eigenvalue weighted by molar-refractivity contribution is -0.138. The number of benzene rings is 1. The second kappa shape index (κ2) is 8.79. The standard InChI is InChI=1S/C26H29N5O/c1-18-14-28-25(20-9-5-11-27-15-20)29-24(18)22-10-6-12-31(17-22)26(32)23-13-19-7-3-4-8-21(19)16-30(23)2/h3-5,7-9,11,14-15,22-23H,6,10,12-13,16-17H2,1-2H3. The van der Waals surface area contributed by atoms with Crippen LogP contribution in [0.4, 0.5) is 0 Å². The minimum Gasteiger partial charge on any atom is -0.341 e. The summed E-state index contributed by atoms with van der Waals surface area (Å²) in [4.78, 5) is 31.5. The van der Waals surface area contributed by atoms with Crippen molar-refractivity contribution in [1.82, 2.24) is 24.8 Å². The number of pyridine rings is 1. The highest BCUT2D eigenvalue weighted by Gasteiger charge is 2.35. The van der Waals surface area contributed by atoms with Crippen molar-refractivity contribution in [3.05, 3.63) is 77.4 Å². The average molecular weight is 428 g/mol. The molecule has 3 aromatic rings. The largest absolute Gasteiger partial charge is 0.341 e. The highest BCUT2D eigenvalue weighted by atomic mass is 16.2. The molecular weight excluding hydrogens is 398 g/mol. The Labute approximate surface area is 189 Å². The summed E-state index contributed by atoms with van der Waals surface area (Å²) in [5.41, 5.74) is 5.68. The molecule has 1 amide bonds. The molecule has 6 nitrogen and oxygen atoms in total. The van der Waals surface area contributed by atoms with E-state index in [0.29, 0.717) is 5.82 Å². The van der Waals surface area contributed by atoms with Gasteiger partial charge >= 0.3 is 0 Å². The molecule has 0 radical (unpaired) electrons. The number of aromatic nitrogens is 3. The fourth-order valence-electron chi connectivity index (χ4n) is 5.04. The first kappa shape index (κ1) is 20.8. The highest BCUT2D eigenvalue weighted by Crippen LogP contribution is 2.31. The van der Waals surface area contributed by atoms with Gasteiger partial charge in [-0.3, -0.25) is 14.7 Å². The van der Waals surface area contributed by atoms with Crippen LogP contribution in [0.1, 0.15) is 41.1 Å². The smallest absolute Gasteiger partial charge is 0.240 e. The van der Waals surface area contributed by atoms with Gasteiger partial charge < -0.3 is 4.90 Å². The average Bonchev–Trinajstić information content (AvgIpc) is 2.84. The van der Waals surface area contributed by atoms with E-state index < -0.39 is 0 Å². The Morgan fingerprint density at radius 3 is 2.75 bits per heavy atom. The van der Waals surface area contributed by atoms with Gasteiger partial charge in [-0.2, -0.15) is 0 Å². The highest BCUT2D eigenvalue weighted by molar-refractivity contribution is 5.82. The van der Waals surface area contributed by atoms with Crippen molar-refractivity contribution in [2.45, 2.75) is 44.7 Å². The maximum Gasteiger partial charge on any atom is 0.240 e. The lowest BCUT2D eigenvalue weighted by atomic mass is 9.90. The van der Waals surface area contributed by atoms with Gasteiger partial charge in [-0.1, -0.05) is 24.3 Å². The van der Waals surface area contributed by atoms with Gasteiger partial charge in [-0.05, 0) is 62.1 Å². The van der Waals surface area contributed by atoms with Crippen molar-refractivity contribution >= 4 is 5.91 Å². The third-order valence-electron chi connectivity index (χ3n) is 6.82. The van der Waals surface area contributed by atoms with Gasteiger partial charge in [0, 0.05) is 49.7 Å². The molecule has 1 saturated heterocycles. The van der Waals surface area contributed by atoms with E-state index in [1.54, 1.807) is 12.4 Å². The quantitative estimate of drug-likeness (QED) is 0.639. The first-order chi connectivity index (χ1) is 15.6. The van der Waals surface area contributed by atoms with Crippen molar-refractivity contribution in [3.8, 4) is 11.4 Å². The first-order valence-electron chi connectivity index (χ1n) is 11.4. The number of hydrogen-bond acceptors (Lipinski definition) is 5. The molecule has 4 heterocycles. The molecule has 1 aromatic carbocycles. The predicted molar refractivity (Wildman–Crippen MR) is 124 cm³/mol. The topological polar surface area (TPSA) is 62.2 Å². The Balaban J connectivity index is 1.35. The number of aryl methyl sites for hydroxylation is 1. The number of likely N-dealkylation sites (tertiary alicyclic amines) is 1. The zero-order valence-electron chi connectivity index (χ0n) is 18.7. The van der Waals surface area contributed by atoms with E-state index in [4.69, 9.17) is 4.98 Å². The molecule has 0 N–H and O–H groups in total. The third-order valence-corrected chi connectivity index (χ3v) is 6.82. The minimum atomic E-state index is -0.0962. The molecule has 2 aliphatic rings. The molecule has 32 heavy (non-hydrogen) atoms. The Morgan fingerprint density at radius 1 is 1.09 bits per heavy atom. The van der Waals surface area contributed by atoms with Crippen molar-refractivity contribution in [1.29, 1.82) is 0 Å². The van der Waals surface area contributed by atoms with Crippen molar-refractivity contribution in [2.75, 3.05) is 20.1 Å². The summed E-state index contributed by atoms with van der Waals surface area (Å²) in [6, 6.07) is 12.3. The summed E-state index contributed by atoms with van der Waals surface area (Å²) in [7, 11) is 2.06. The van der Waals surface area contributed by atoms with Crippen LogP contribution in [0, 0.1) is 6.92 Å². The van der Waals surface area contributed by atoms with Crippen LogP contribution in [-0.2, 0) is 17.8 Å². The molecule has 5 rings (SSSR count). The molecule has 2 aromatic heterocycles. The summed E-state index contributed by atoms with van der Waals surface area (Å²) in [6.45, 7) is 4.42. The monoisotopic (exact) mass is 427 g/mol. The fraction of sp³-hybridized carbons (Fsp3) is 0.385. The fourth-order valence-corrected chi connectivity index (χ4v) is 5.04. The molecule has 0 spiro atoms. The Bertz CT molecular complexity index is 1120. The number of fused-ring (bicyclic) bond motifs is 1. The van der Waals surface area contributed by atoms with Gasteiger partial charge in [0.15, 0.2) is 5.82 Å². The van der Waals surface area contributed by atoms with Crippen LogP contribution in [0.3, 0.4) is 0 Å². The van der Waals surface area contributed by atoms with E-state index in [1.165, 1.54) is 11.1 Å². The molecule has 6 heteroatoms. The van der Waals surface area contributed by atoms with Crippen molar-refractivity contribution in [3.63, 3.8) is 0 Å². The summed E-state index contributed by atoms with van der Waals surface area (Å²) >= 11 is 0. The number of piperidine rings is 1. The zero-order valence-corrected chi connectivity index (χ0v) is 18.7. The number of hydrogen-bond donors (Lipinski definition) is 0. The molecular formula is C26H29N5O. The summed E-state index contributed by atoms with van der Waals surface area (Å²) < 4.78 is 0. The normalized spacial score (nSPS) is 21.2. The van der Waals surface area contributed by atoms with Gasteiger partial charge in [0.2, 0.25) is 5.91 Å². The Hall–Kier alpha value is -3.12. The Morgan fingerprint density at radius 2 is 1.94 bits per heavy atom. The molecule has 164 valence electrons. The van der Waals surface area contributed by atoms with E-state index in [2.05, 4.69) is 58.0 Å². The number of carbonyl (C=O) groups is 1. The second-order valence-electron chi connectivity index (χ2n) is 9.03. The number of nitrogens with zero attached hydrogens (tertiary/aromatic N) is 5. The molecule has 2 aliphatic heterocycles. The number of carbonyl (C=O) groups excluding carboxylic acids is 1. The molecule has 0 bridgehead atoms. The van der Waals surface area contributed by atoms with Crippen molar-refractivity contribution < 1.29 is 4.79 Å². The Kier molecular flexibility index (Phi) is 5.70. The minimum absolute atomic E-state index is 0.0962. The van der Waals surface area contributed by atoms with Crippen LogP contribution in [0.2, 0.25) is 0 Å². The van der Waals surface area contributed by atoms with Gasteiger partial charge in [0.25, 0.3) is 0 Å². The lowest BCUT2D eigenvalue weighted by Crippen LogP contribution is -2.52.